The maximum Gasteiger partial charge on any atom is 0.242 e. The molecule has 0 heterocycles. The molecule has 7 nitrogen and oxygen atoms in total. The number of methoxy groups -OCH3 is 2. The molecule has 38 heavy (non-hydrogen) atoms. The van der Waals surface area contributed by atoms with Crippen LogP contribution in [0.2, 0.25) is 0 Å². The molecule has 0 aliphatic heterocycles. The van der Waals surface area contributed by atoms with Crippen LogP contribution in [0, 0.1) is 0 Å². The minimum absolute atomic E-state index is 0.0407. The Morgan fingerprint density at radius 1 is 0.816 bits per heavy atom. The lowest BCUT2D eigenvalue weighted by atomic mass is 10.1. The lowest BCUT2D eigenvalue weighted by molar-refractivity contribution is -0.117. The third-order valence-corrected chi connectivity index (χ3v) is 8.23. The van der Waals surface area contributed by atoms with Crippen LogP contribution in [0.15, 0.2) is 118 Å². The van der Waals surface area contributed by atoms with E-state index in [4.69, 9.17) is 9.47 Å². The molecule has 0 saturated heterocycles. The van der Waals surface area contributed by atoms with Crippen LogP contribution in [0.25, 0.3) is 0 Å². The smallest absolute Gasteiger partial charge is 0.242 e. The molecule has 0 aliphatic carbocycles. The van der Waals surface area contributed by atoms with Crippen LogP contribution in [0.1, 0.15) is 5.56 Å². The summed E-state index contributed by atoms with van der Waals surface area (Å²) in [6.07, 6.45) is 0.160. The number of benzene rings is 4. The van der Waals surface area contributed by atoms with Crippen molar-refractivity contribution >= 4 is 33.4 Å². The molecule has 0 aromatic heterocycles. The molecule has 4 aromatic rings. The first-order valence-corrected chi connectivity index (χ1v) is 14.1. The molecule has 0 saturated carbocycles. The first-order valence-electron chi connectivity index (χ1n) is 11.8. The molecule has 1 amide bonds. The predicted molar refractivity (Wildman–Crippen MR) is 149 cm³/mol. The summed E-state index contributed by atoms with van der Waals surface area (Å²) in [5.41, 5.74) is 1.41. The number of nitrogens with one attached hydrogen (secondary N) is 2. The number of hydrogen-bond donors (Lipinski definition) is 2. The standard InChI is InChI=1S/C29H28N2O5S2/c1-35-26-18-17-23(20-27(26)36-2)38(33,34)31-25(19-21-11-5-3-6-12-21)29(32)30-24-15-9-10-16-28(24)37-22-13-7-4-8-14-22/h3-18,20,25,31H,19H2,1-2H3,(H,30,32)/t25-/m0/s1. The van der Waals surface area contributed by atoms with Crippen LogP contribution in [0.5, 0.6) is 11.5 Å². The minimum Gasteiger partial charge on any atom is -0.493 e. The van der Waals surface area contributed by atoms with Gasteiger partial charge in [-0.2, -0.15) is 4.72 Å². The van der Waals surface area contributed by atoms with Gasteiger partial charge >= 0.3 is 0 Å². The number of anilines is 1. The Morgan fingerprint density at radius 3 is 2.13 bits per heavy atom. The number of amides is 1. The lowest BCUT2D eigenvalue weighted by Gasteiger charge is -2.20. The molecule has 2 N–H and O–H groups in total. The second-order valence-corrected chi connectivity index (χ2v) is 11.1. The van der Waals surface area contributed by atoms with Crippen molar-refractivity contribution in [2.24, 2.45) is 0 Å². The molecule has 0 radical (unpaired) electrons. The van der Waals surface area contributed by atoms with Crippen molar-refractivity contribution in [2.75, 3.05) is 19.5 Å². The maximum absolute atomic E-state index is 13.6. The number of hydrogen-bond acceptors (Lipinski definition) is 6. The quantitative estimate of drug-likeness (QED) is 0.261. The lowest BCUT2D eigenvalue weighted by Crippen LogP contribution is -2.45. The highest BCUT2D eigenvalue weighted by molar-refractivity contribution is 7.99. The van der Waals surface area contributed by atoms with Crippen molar-refractivity contribution in [3.05, 3.63) is 109 Å². The van der Waals surface area contributed by atoms with Crippen molar-refractivity contribution in [3.8, 4) is 11.5 Å². The summed E-state index contributed by atoms with van der Waals surface area (Å²) >= 11 is 1.51. The largest absolute Gasteiger partial charge is 0.493 e. The normalized spacial score (nSPS) is 11.9. The summed E-state index contributed by atoms with van der Waals surface area (Å²) in [4.78, 5) is 15.4. The van der Waals surface area contributed by atoms with Gasteiger partial charge in [0, 0.05) is 15.9 Å². The number of ether oxygens (including phenoxy) is 2. The van der Waals surface area contributed by atoms with Gasteiger partial charge in [0.25, 0.3) is 0 Å². The molecule has 0 aliphatic rings. The topological polar surface area (TPSA) is 93.7 Å². The number of rotatable bonds is 11. The highest BCUT2D eigenvalue weighted by atomic mass is 32.2. The van der Waals surface area contributed by atoms with Crippen LogP contribution < -0.4 is 19.5 Å². The first-order chi connectivity index (χ1) is 18.4. The number of carbonyl (C=O) groups excluding carboxylic acids is 1. The Balaban J connectivity index is 1.61. The summed E-state index contributed by atoms with van der Waals surface area (Å²) in [5.74, 6) is 0.197. The average molecular weight is 549 g/mol. The van der Waals surface area contributed by atoms with E-state index in [1.165, 1.54) is 44.2 Å². The average Bonchev–Trinajstić information content (AvgIpc) is 2.94. The fourth-order valence-corrected chi connectivity index (χ4v) is 5.90. The SMILES string of the molecule is COc1ccc(S(=O)(=O)N[C@@H](Cc2ccccc2)C(=O)Nc2ccccc2Sc2ccccc2)cc1OC. The van der Waals surface area contributed by atoms with E-state index in [-0.39, 0.29) is 17.1 Å². The number of para-hydroxylation sites is 1. The van der Waals surface area contributed by atoms with E-state index in [9.17, 15) is 13.2 Å². The van der Waals surface area contributed by atoms with E-state index in [1.807, 2.05) is 78.9 Å². The Bertz CT molecular complexity index is 1480. The molecular formula is C29H28N2O5S2. The van der Waals surface area contributed by atoms with Crippen LogP contribution in [0.3, 0.4) is 0 Å². The van der Waals surface area contributed by atoms with Gasteiger partial charge in [-0.05, 0) is 48.4 Å². The Labute approximate surface area is 227 Å². The van der Waals surface area contributed by atoms with Crippen molar-refractivity contribution in [3.63, 3.8) is 0 Å². The maximum atomic E-state index is 13.6. The zero-order valence-corrected chi connectivity index (χ0v) is 22.6. The zero-order valence-electron chi connectivity index (χ0n) is 21.0. The van der Waals surface area contributed by atoms with E-state index in [0.717, 1.165) is 15.4 Å². The van der Waals surface area contributed by atoms with Crippen molar-refractivity contribution < 1.29 is 22.7 Å². The molecule has 0 bridgehead atoms. The minimum atomic E-state index is -4.08. The summed E-state index contributed by atoms with van der Waals surface area (Å²) in [5, 5.41) is 2.93. The summed E-state index contributed by atoms with van der Waals surface area (Å²) in [7, 11) is -1.19. The van der Waals surface area contributed by atoms with Gasteiger partial charge in [-0.1, -0.05) is 72.4 Å². The molecular weight excluding hydrogens is 520 g/mol. The zero-order chi connectivity index (χ0) is 27.0. The van der Waals surface area contributed by atoms with E-state index in [1.54, 1.807) is 6.07 Å². The second kappa shape index (κ2) is 12.6. The summed E-state index contributed by atoms with van der Waals surface area (Å²) in [6, 6.07) is 29.7. The molecule has 0 fully saturated rings. The molecule has 0 unspecified atom stereocenters. The van der Waals surface area contributed by atoms with Gasteiger partial charge < -0.3 is 14.8 Å². The highest BCUT2D eigenvalue weighted by Gasteiger charge is 2.27. The highest BCUT2D eigenvalue weighted by Crippen LogP contribution is 2.33. The third-order valence-electron chi connectivity index (χ3n) is 5.68. The number of carbonyl (C=O) groups is 1. The van der Waals surface area contributed by atoms with Crippen molar-refractivity contribution in [1.82, 2.24) is 4.72 Å². The Kier molecular flexibility index (Phi) is 9.06. The predicted octanol–water partition coefficient (Wildman–Crippen LogP) is 5.38. The third kappa shape index (κ3) is 6.95. The Hall–Kier alpha value is -3.79. The van der Waals surface area contributed by atoms with Gasteiger partial charge in [-0.15, -0.1) is 0 Å². The fraction of sp³-hybridized carbons (Fsp3) is 0.138. The number of sulfonamides is 1. The van der Waals surface area contributed by atoms with Gasteiger partial charge in [0.15, 0.2) is 11.5 Å². The van der Waals surface area contributed by atoms with Gasteiger partial charge in [0.2, 0.25) is 15.9 Å². The van der Waals surface area contributed by atoms with Gasteiger partial charge in [0.1, 0.15) is 6.04 Å². The molecule has 0 spiro atoms. The molecule has 4 aromatic carbocycles. The Morgan fingerprint density at radius 2 is 1.45 bits per heavy atom. The van der Waals surface area contributed by atoms with E-state index >= 15 is 0 Å². The second-order valence-electron chi connectivity index (χ2n) is 8.28. The molecule has 9 heteroatoms. The molecule has 196 valence electrons. The summed E-state index contributed by atoms with van der Waals surface area (Å²) in [6.45, 7) is 0. The van der Waals surface area contributed by atoms with Crippen LogP contribution in [0.4, 0.5) is 5.69 Å². The van der Waals surface area contributed by atoms with E-state index < -0.39 is 22.0 Å². The van der Waals surface area contributed by atoms with Crippen molar-refractivity contribution in [2.45, 2.75) is 27.1 Å². The van der Waals surface area contributed by atoms with Crippen LogP contribution >= 0.6 is 11.8 Å². The van der Waals surface area contributed by atoms with Gasteiger partial charge in [-0.25, -0.2) is 8.42 Å². The van der Waals surface area contributed by atoms with Crippen LogP contribution in [-0.4, -0.2) is 34.6 Å². The molecule has 1 atom stereocenters. The molecule has 4 rings (SSSR count). The van der Waals surface area contributed by atoms with Crippen LogP contribution in [-0.2, 0) is 21.2 Å². The first kappa shape index (κ1) is 27.3. The van der Waals surface area contributed by atoms with Gasteiger partial charge in [0.05, 0.1) is 24.8 Å². The van der Waals surface area contributed by atoms with E-state index in [2.05, 4.69) is 10.0 Å². The fourth-order valence-electron chi connectivity index (χ4n) is 3.77. The van der Waals surface area contributed by atoms with Gasteiger partial charge in [-0.3, -0.25) is 4.79 Å². The van der Waals surface area contributed by atoms with Crippen molar-refractivity contribution in [1.29, 1.82) is 0 Å². The monoisotopic (exact) mass is 548 g/mol. The van der Waals surface area contributed by atoms with E-state index in [0.29, 0.717) is 11.4 Å². The summed E-state index contributed by atoms with van der Waals surface area (Å²) < 4.78 is 39.8.